The van der Waals surface area contributed by atoms with Crippen LogP contribution in [-0.2, 0) is 11.2 Å². The molecule has 0 unspecified atom stereocenters. The van der Waals surface area contributed by atoms with E-state index < -0.39 is 0 Å². The number of aromatic nitrogens is 2. The minimum atomic E-state index is 0.0559. The van der Waals surface area contributed by atoms with Crippen molar-refractivity contribution in [2.45, 2.75) is 51.5 Å². The summed E-state index contributed by atoms with van der Waals surface area (Å²) in [5.74, 6) is 0.367. The van der Waals surface area contributed by atoms with Crippen molar-refractivity contribution in [1.29, 1.82) is 0 Å². The summed E-state index contributed by atoms with van der Waals surface area (Å²) in [5, 5.41) is 4.64. The Morgan fingerprint density at radius 1 is 1.21 bits per heavy atom. The molecule has 2 aromatic rings. The Labute approximate surface area is 143 Å². The fourth-order valence-corrected chi connectivity index (χ4v) is 4.40. The Balaban J connectivity index is 1.52. The summed E-state index contributed by atoms with van der Waals surface area (Å²) in [5.41, 5.74) is 4.84. The lowest BCUT2D eigenvalue weighted by molar-refractivity contribution is -0.134. The van der Waals surface area contributed by atoms with E-state index in [0.717, 1.165) is 44.5 Å². The van der Waals surface area contributed by atoms with Crippen molar-refractivity contribution in [1.82, 2.24) is 14.7 Å². The largest absolute Gasteiger partial charge is 0.340 e. The van der Waals surface area contributed by atoms with Gasteiger partial charge in [-0.05, 0) is 56.7 Å². The van der Waals surface area contributed by atoms with Crippen LogP contribution in [0.5, 0.6) is 0 Å². The molecular formula is C20H25N3O. The van der Waals surface area contributed by atoms with Gasteiger partial charge in [0.25, 0.3) is 0 Å². The number of nitrogens with zero attached hydrogens (tertiary/aromatic N) is 3. The smallest absolute Gasteiger partial charge is 0.230 e. The number of fused-ring (bicyclic) bond motifs is 1. The minimum Gasteiger partial charge on any atom is -0.340 e. The molecule has 126 valence electrons. The van der Waals surface area contributed by atoms with Gasteiger partial charge in [0.05, 0.1) is 17.7 Å². The van der Waals surface area contributed by atoms with Gasteiger partial charge in [-0.3, -0.25) is 9.48 Å². The van der Waals surface area contributed by atoms with Crippen molar-refractivity contribution < 1.29 is 4.79 Å². The van der Waals surface area contributed by atoms with Gasteiger partial charge in [-0.25, -0.2) is 0 Å². The van der Waals surface area contributed by atoms with Crippen molar-refractivity contribution in [2.24, 2.45) is 0 Å². The molecule has 24 heavy (non-hydrogen) atoms. The highest BCUT2D eigenvalue weighted by molar-refractivity contribution is 5.85. The predicted molar refractivity (Wildman–Crippen MR) is 94.1 cm³/mol. The zero-order valence-electron chi connectivity index (χ0n) is 14.5. The number of hydrogen-bond acceptors (Lipinski definition) is 2. The quantitative estimate of drug-likeness (QED) is 0.849. The summed E-state index contributed by atoms with van der Waals surface area (Å²) in [4.78, 5) is 15.2. The Bertz CT molecular complexity index is 764. The number of piperidine rings is 1. The SMILES string of the molecule is Cc1cc(C)n([C@H]2CCCN(C(=O)[C@@H]3CCc4ccccc43)C2)n1. The fourth-order valence-electron chi connectivity index (χ4n) is 4.40. The third kappa shape index (κ3) is 2.64. The topological polar surface area (TPSA) is 38.1 Å². The van der Waals surface area contributed by atoms with E-state index in [9.17, 15) is 4.79 Å². The lowest BCUT2D eigenvalue weighted by Gasteiger charge is -2.35. The molecule has 0 radical (unpaired) electrons. The molecule has 1 aromatic carbocycles. The van der Waals surface area contributed by atoms with Crippen LogP contribution in [0.15, 0.2) is 30.3 Å². The van der Waals surface area contributed by atoms with E-state index in [0.29, 0.717) is 11.9 Å². The molecule has 1 aliphatic heterocycles. The highest BCUT2D eigenvalue weighted by atomic mass is 16.2. The summed E-state index contributed by atoms with van der Waals surface area (Å²) >= 11 is 0. The first kappa shape index (κ1) is 15.4. The molecule has 2 heterocycles. The van der Waals surface area contributed by atoms with Crippen molar-refractivity contribution in [3.63, 3.8) is 0 Å². The molecule has 2 atom stereocenters. The van der Waals surface area contributed by atoms with Crippen LogP contribution < -0.4 is 0 Å². The van der Waals surface area contributed by atoms with Gasteiger partial charge in [0.15, 0.2) is 0 Å². The standard InChI is InChI=1S/C20H25N3O/c1-14-12-15(2)23(21-14)17-7-5-11-22(13-17)20(24)19-10-9-16-6-3-4-8-18(16)19/h3-4,6,8,12,17,19H,5,7,9-11,13H2,1-2H3/t17-,19+/m0/s1. The summed E-state index contributed by atoms with van der Waals surface area (Å²) in [6.45, 7) is 5.81. The summed E-state index contributed by atoms with van der Waals surface area (Å²) in [6, 6.07) is 10.9. The van der Waals surface area contributed by atoms with Crippen LogP contribution in [0.1, 0.15) is 53.7 Å². The summed E-state index contributed by atoms with van der Waals surface area (Å²) in [7, 11) is 0. The number of aryl methyl sites for hydroxylation is 3. The molecule has 0 N–H and O–H groups in total. The van der Waals surface area contributed by atoms with E-state index in [4.69, 9.17) is 0 Å². The number of benzene rings is 1. The average Bonchev–Trinajstić information content (AvgIpc) is 3.17. The molecule has 1 fully saturated rings. The molecular weight excluding hydrogens is 298 g/mol. The van der Waals surface area contributed by atoms with Gasteiger partial charge in [-0.2, -0.15) is 5.10 Å². The zero-order valence-corrected chi connectivity index (χ0v) is 14.5. The molecule has 2 aliphatic rings. The van der Waals surface area contributed by atoms with E-state index in [1.807, 2.05) is 6.92 Å². The lowest BCUT2D eigenvalue weighted by Crippen LogP contribution is -2.43. The Morgan fingerprint density at radius 2 is 2.04 bits per heavy atom. The molecule has 1 saturated heterocycles. The molecule has 4 heteroatoms. The number of carbonyl (C=O) groups is 1. The Hall–Kier alpha value is -2.10. The second kappa shape index (κ2) is 6.08. The molecule has 0 bridgehead atoms. The molecule has 4 rings (SSSR count). The average molecular weight is 323 g/mol. The first-order chi connectivity index (χ1) is 11.6. The zero-order chi connectivity index (χ0) is 16.7. The molecule has 4 nitrogen and oxygen atoms in total. The third-order valence-electron chi connectivity index (χ3n) is 5.53. The van der Waals surface area contributed by atoms with Gasteiger partial charge >= 0.3 is 0 Å². The normalized spacial score (nSPS) is 23.3. The predicted octanol–water partition coefficient (Wildman–Crippen LogP) is 3.39. The molecule has 1 aliphatic carbocycles. The monoisotopic (exact) mass is 323 g/mol. The molecule has 0 spiro atoms. The van der Waals surface area contributed by atoms with Crippen LogP contribution in [0.3, 0.4) is 0 Å². The second-order valence-electron chi connectivity index (χ2n) is 7.24. The first-order valence-corrected chi connectivity index (χ1v) is 9.03. The number of rotatable bonds is 2. The van der Waals surface area contributed by atoms with Crippen molar-refractivity contribution >= 4 is 5.91 Å². The van der Waals surface area contributed by atoms with E-state index >= 15 is 0 Å². The van der Waals surface area contributed by atoms with Crippen LogP contribution in [0.2, 0.25) is 0 Å². The van der Waals surface area contributed by atoms with Gasteiger partial charge in [0, 0.05) is 18.8 Å². The summed E-state index contributed by atoms with van der Waals surface area (Å²) in [6.07, 6.45) is 4.15. The first-order valence-electron chi connectivity index (χ1n) is 9.03. The number of carbonyl (C=O) groups excluding carboxylic acids is 1. The van der Waals surface area contributed by atoms with Gasteiger partial charge in [-0.1, -0.05) is 24.3 Å². The van der Waals surface area contributed by atoms with Gasteiger partial charge in [-0.15, -0.1) is 0 Å². The van der Waals surface area contributed by atoms with Crippen LogP contribution in [0.4, 0.5) is 0 Å². The highest BCUT2D eigenvalue weighted by Gasteiger charge is 2.34. The Kier molecular flexibility index (Phi) is 3.91. The maximum absolute atomic E-state index is 13.1. The lowest BCUT2D eigenvalue weighted by atomic mass is 9.97. The van der Waals surface area contributed by atoms with Crippen molar-refractivity contribution in [3.8, 4) is 0 Å². The van der Waals surface area contributed by atoms with Crippen LogP contribution in [0, 0.1) is 13.8 Å². The fraction of sp³-hybridized carbons (Fsp3) is 0.500. The van der Waals surface area contributed by atoms with Gasteiger partial charge in [0.2, 0.25) is 5.91 Å². The van der Waals surface area contributed by atoms with E-state index in [1.54, 1.807) is 0 Å². The van der Waals surface area contributed by atoms with E-state index in [1.165, 1.54) is 16.8 Å². The van der Waals surface area contributed by atoms with Crippen LogP contribution in [-0.4, -0.2) is 33.7 Å². The van der Waals surface area contributed by atoms with Crippen molar-refractivity contribution in [3.05, 3.63) is 52.8 Å². The number of hydrogen-bond donors (Lipinski definition) is 0. The van der Waals surface area contributed by atoms with Crippen LogP contribution in [0.25, 0.3) is 0 Å². The Morgan fingerprint density at radius 3 is 2.83 bits per heavy atom. The molecule has 1 aromatic heterocycles. The van der Waals surface area contributed by atoms with Crippen molar-refractivity contribution in [2.75, 3.05) is 13.1 Å². The summed E-state index contributed by atoms with van der Waals surface area (Å²) < 4.78 is 2.12. The molecule has 0 saturated carbocycles. The number of likely N-dealkylation sites (tertiary alicyclic amines) is 1. The third-order valence-corrected chi connectivity index (χ3v) is 5.53. The maximum atomic E-state index is 13.1. The molecule has 1 amide bonds. The van der Waals surface area contributed by atoms with Crippen LogP contribution >= 0.6 is 0 Å². The van der Waals surface area contributed by atoms with Gasteiger partial charge < -0.3 is 4.90 Å². The van der Waals surface area contributed by atoms with E-state index in [-0.39, 0.29) is 5.92 Å². The number of amides is 1. The minimum absolute atomic E-state index is 0.0559. The second-order valence-corrected chi connectivity index (χ2v) is 7.24. The highest BCUT2D eigenvalue weighted by Crippen LogP contribution is 2.35. The maximum Gasteiger partial charge on any atom is 0.230 e. The van der Waals surface area contributed by atoms with Gasteiger partial charge in [0.1, 0.15) is 0 Å². The van der Waals surface area contributed by atoms with E-state index in [2.05, 4.69) is 51.9 Å².